The summed E-state index contributed by atoms with van der Waals surface area (Å²) in [4.78, 5) is 48.5. The van der Waals surface area contributed by atoms with Gasteiger partial charge in [0.1, 0.15) is 10.7 Å². The van der Waals surface area contributed by atoms with E-state index >= 15 is 4.39 Å². The van der Waals surface area contributed by atoms with Crippen molar-refractivity contribution >= 4 is 46.3 Å². The topological polar surface area (TPSA) is 101 Å². The van der Waals surface area contributed by atoms with E-state index in [9.17, 15) is 14.4 Å². The van der Waals surface area contributed by atoms with Gasteiger partial charge in [-0.25, -0.2) is 14.2 Å². The molecule has 1 N–H and O–H groups in total. The number of rotatable bonds is 6. The second kappa shape index (κ2) is 12.3. The van der Waals surface area contributed by atoms with Gasteiger partial charge in [-0.1, -0.05) is 18.2 Å². The highest BCUT2D eigenvalue weighted by atomic mass is 32.1. The first-order valence-electron chi connectivity index (χ1n) is 15.5. The van der Waals surface area contributed by atoms with Crippen LogP contribution in [0.2, 0.25) is 0 Å². The zero-order valence-corrected chi connectivity index (χ0v) is 26.2. The summed E-state index contributed by atoms with van der Waals surface area (Å²) in [6.45, 7) is 5.33. The van der Waals surface area contributed by atoms with Crippen molar-refractivity contribution in [2.45, 2.75) is 26.2 Å². The predicted molar refractivity (Wildman–Crippen MR) is 174 cm³/mol. The number of ether oxygens (including phenoxy) is 2. The molecule has 2 fully saturated rings. The Bertz CT molecular complexity index is 1810. The summed E-state index contributed by atoms with van der Waals surface area (Å²) in [5.74, 6) is -1.12. The van der Waals surface area contributed by atoms with Gasteiger partial charge in [0, 0.05) is 71.7 Å². The molecule has 3 aliphatic heterocycles. The number of thiophene rings is 1. The number of pyridine rings is 1. The van der Waals surface area contributed by atoms with Crippen molar-refractivity contribution in [2.75, 3.05) is 54.6 Å². The summed E-state index contributed by atoms with van der Waals surface area (Å²) >= 11 is 1.05. The number of aromatic nitrogens is 1. The molecule has 0 radical (unpaired) electrons. The maximum Gasteiger partial charge on any atom is 0.351 e. The van der Waals surface area contributed by atoms with Gasteiger partial charge in [-0.2, -0.15) is 0 Å². The normalized spacial score (nSPS) is 16.6. The summed E-state index contributed by atoms with van der Waals surface area (Å²) in [5.41, 5.74) is 3.44. The average molecular weight is 641 g/mol. The lowest BCUT2D eigenvalue weighted by molar-refractivity contribution is -0.000511. The van der Waals surface area contributed by atoms with Crippen LogP contribution in [0.1, 0.15) is 55.7 Å². The molecule has 2 aromatic carbocycles. The molecule has 0 saturated carbocycles. The van der Waals surface area contributed by atoms with Crippen LogP contribution in [0.25, 0.3) is 10.4 Å². The van der Waals surface area contributed by atoms with Crippen molar-refractivity contribution < 1.29 is 28.2 Å². The molecule has 0 aliphatic carbocycles. The number of para-hydroxylation sites is 1. The van der Waals surface area contributed by atoms with E-state index in [4.69, 9.17) is 9.47 Å². The van der Waals surface area contributed by atoms with Crippen LogP contribution in [-0.2, 0) is 15.9 Å². The van der Waals surface area contributed by atoms with Gasteiger partial charge < -0.3 is 24.6 Å². The van der Waals surface area contributed by atoms with Gasteiger partial charge in [-0.3, -0.25) is 9.59 Å². The third kappa shape index (κ3) is 5.43. The highest BCUT2D eigenvalue weighted by molar-refractivity contribution is 7.17. The quantitative estimate of drug-likeness (QED) is 0.251. The monoisotopic (exact) mass is 640 g/mol. The highest BCUT2D eigenvalue weighted by Crippen LogP contribution is 2.44. The van der Waals surface area contributed by atoms with Crippen molar-refractivity contribution in [2.24, 2.45) is 5.41 Å². The molecule has 2 saturated heterocycles. The molecule has 2 amide bonds. The van der Waals surface area contributed by atoms with Crippen molar-refractivity contribution in [1.82, 2.24) is 4.98 Å². The van der Waals surface area contributed by atoms with Crippen molar-refractivity contribution in [3.8, 4) is 10.4 Å². The summed E-state index contributed by atoms with van der Waals surface area (Å²) in [6.07, 6.45) is 3.99. The highest BCUT2D eigenvalue weighted by Gasteiger charge is 2.45. The number of amides is 2. The lowest BCUT2D eigenvalue weighted by Gasteiger charge is -2.53. The van der Waals surface area contributed by atoms with E-state index in [1.165, 1.54) is 0 Å². The standard InChI is InChI=1S/C35H33FN4O5S/c1-2-45-34(43)30-28(36)25-13-17-40(27-8-4-3-6-24(27)29(25)46-30)33(42)22-9-11-23(12-10-22)38-32(41)26-7-5-16-37-31(26)39-20-35(21-39)14-18-44-19-15-35/h3-12,16H,2,13-15,17-21H2,1H3,(H,38,41). The smallest absolute Gasteiger partial charge is 0.351 e. The lowest BCUT2D eigenvalue weighted by Crippen LogP contribution is -2.59. The van der Waals surface area contributed by atoms with Gasteiger partial charge >= 0.3 is 5.97 Å². The van der Waals surface area contributed by atoms with Crippen LogP contribution < -0.4 is 15.1 Å². The predicted octanol–water partition coefficient (Wildman–Crippen LogP) is 6.20. The molecule has 0 bridgehead atoms. The molecule has 7 rings (SSSR count). The minimum absolute atomic E-state index is 0.0504. The minimum atomic E-state index is -0.681. The molecule has 236 valence electrons. The number of carbonyl (C=O) groups is 3. The van der Waals surface area contributed by atoms with E-state index in [1.807, 2.05) is 24.3 Å². The van der Waals surface area contributed by atoms with Crippen LogP contribution in [0.3, 0.4) is 0 Å². The molecule has 11 heteroatoms. The second-order valence-electron chi connectivity index (χ2n) is 11.9. The molecular weight excluding hydrogens is 607 g/mol. The number of esters is 1. The van der Waals surface area contributed by atoms with Gasteiger partial charge in [-0.05, 0) is 68.7 Å². The number of fused-ring (bicyclic) bond motifs is 3. The Hall–Kier alpha value is -4.61. The summed E-state index contributed by atoms with van der Waals surface area (Å²) in [6, 6.07) is 17.6. The summed E-state index contributed by atoms with van der Waals surface area (Å²) in [7, 11) is 0. The molecule has 4 aromatic rings. The molecule has 3 aliphatic rings. The lowest BCUT2D eigenvalue weighted by atomic mass is 9.73. The fraction of sp³-hybridized carbons (Fsp3) is 0.314. The van der Waals surface area contributed by atoms with Gasteiger partial charge in [-0.15, -0.1) is 11.3 Å². The zero-order chi connectivity index (χ0) is 31.8. The van der Waals surface area contributed by atoms with Crippen LogP contribution in [0.5, 0.6) is 0 Å². The Balaban J connectivity index is 1.07. The van der Waals surface area contributed by atoms with E-state index < -0.39 is 11.8 Å². The molecular formula is C35H33FN4O5S. The van der Waals surface area contributed by atoms with Crippen LogP contribution in [0.4, 0.5) is 21.6 Å². The Labute approximate surface area is 270 Å². The Morgan fingerprint density at radius 3 is 2.57 bits per heavy atom. The van der Waals surface area contributed by atoms with Crippen molar-refractivity contribution in [1.29, 1.82) is 0 Å². The number of benzene rings is 2. The first-order chi connectivity index (χ1) is 22.4. The number of hydrogen-bond acceptors (Lipinski definition) is 8. The van der Waals surface area contributed by atoms with Crippen LogP contribution in [0.15, 0.2) is 66.9 Å². The molecule has 0 unspecified atom stereocenters. The number of carbonyl (C=O) groups excluding carboxylic acids is 3. The van der Waals surface area contributed by atoms with Crippen LogP contribution in [0, 0.1) is 11.2 Å². The van der Waals surface area contributed by atoms with Gasteiger partial charge in [0.05, 0.1) is 17.9 Å². The number of halogens is 1. The molecule has 0 atom stereocenters. The summed E-state index contributed by atoms with van der Waals surface area (Å²) in [5, 5.41) is 2.95. The number of hydrogen-bond donors (Lipinski definition) is 1. The van der Waals surface area contributed by atoms with Crippen LogP contribution in [-0.4, -0.2) is 62.2 Å². The van der Waals surface area contributed by atoms with E-state index in [0.717, 1.165) is 50.5 Å². The van der Waals surface area contributed by atoms with Crippen molar-refractivity contribution in [3.05, 3.63) is 94.2 Å². The molecule has 5 heterocycles. The largest absolute Gasteiger partial charge is 0.462 e. The minimum Gasteiger partial charge on any atom is -0.462 e. The maximum absolute atomic E-state index is 15.4. The molecule has 2 aromatic heterocycles. The van der Waals surface area contributed by atoms with E-state index in [-0.39, 0.29) is 41.7 Å². The first-order valence-corrected chi connectivity index (χ1v) is 16.3. The van der Waals surface area contributed by atoms with Gasteiger partial charge in [0.2, 0.25) is 0 Å². The fourth-order valence-electron chi connectivity index (χ4n) is 6.58. The number of nitrogens with one attached hydrogen (secondary N) is 1. The molecule has 1 spiro atoms. The SMILES string of the molecule is CCOC(=O)c1sc2c(c1F)CCN(C(=O)c1ccc(NC(=O)c3cccnc3N3CC4(CCOCC4)C3)cc1)c1ccccc1-2. The van der Waals surface area contributed by atoms with Gasteiger partial charge in [0.25, 0.3) is 11.8 Å². The first kappa shape index (κ1) is 30.1. The van der Waals surface area contributed by atoms with E-state index in [1.54, 1.807) is 54.4 Å². The number of nitrogens with zero attached hydrogens (tertiary/aromatic N) is 3. The fourth-order valence-corrected chi connectivity index (χ4v) is 7.74. The third-order valence-corrected chi connectivity index (χ3v) is 10.2. The second-order valence-corrected chi connectivity index (χ2v) is 12.9. The Morgan fingerprint density at radius 2 is 1.80 bits per heavy atom. The van der Waals surface area contributed by atoms with Crippen molar-refractivity contribution in [3.63, 3.8) is 0 Å². The van der Waals surface area contributed by atoms with E-state index in [2.05, 4.69) is 15.2 Å². The Morgan fingerprint density at radius 1 is 1.04 bits per heavy atom. The molecule has 9 nitrogen and oxygen atoms in total. The van der Waals surface area contributed by atoms with Crippen LogP contribution >= 0.6 is 11.3 Å². The average Bonchev–Trinajstić information content (AvgIpc) is 3.30. The zero-order valence-electron chi connectivity index (χ0n) is 25.4. The number of anilines is 3. The maximum atomic E-state index is 15.4. The third-order valence-electron chi connectivity index (χ3n) is 9.00. The van der Waals surface area contributed by atoms with E-state index in [0.29, 0.717) is 44.3 Å². The van der Waals surface area contributed by atoms with Gasteiger partial charge in [0.15, 0.2) is 5.82 Å². The molecule has 46 heavy (non-hydrogen) atoms. The Kier molecular flexibility index (Phi) is 8.04. The summed E-state index contributed by atoms with van der Waals surface area (Å²) < 4.78 is 26.0.